The number of rotatable bonds is 6. The first-order chi connectivity index (χ1) is 36.2. The SMILES string of the molecule is [2H]C([2H])([2H])c1cc(-n2c(-c3cc(C(C)(C)C)cc(C(C)(C)C)c3O)nc3c(-c4[c-]c(-c5cc(-c6ccc(C(C([2H])([2H])[2H])(C([2H])([2H])[2H])C([2H])([2H])[2H])cc6)ccn5)cc(C(C)(C)C)c4)cccc32)cc(-c2ccccc2)c1C([2H])([2H])[2H].[Pt]. The third-order valence-corrected chi connectivity index (χ3v) is 11.9. The minimum atomic E-state index is -3.42. The smallest absolute Gasteiger partial charge is 0.148 e. The molecule has 0 unspecified atom stereocenters. The number of aromatic nitrogens is 3. The number of nitrogens with zero attached hydrogens (tertiary/aromatic N) is 3. The van der Waals surface area contributed by atoms with Gasteiger partial charge in [0.2, 0.25) is 0 Å². The maximum Gasteiger partial charge on any atom is 0.148 e. The van der Waals surface area contributed by atoms with E-state index in [1.807, 2.05) is 69.3 Å². The number of aromatic hydroxyl groups is 1. The molecule has 8 aromatic rings. The molecule has 0 radical (unpaired) electrons. The molecule has 2 heterocycles. The Morgan fingerprint density at radius 3 is 1.91 bits per heavy atom. The predicted octanol–water partition coefficient (Wildman–Crippen LogP) is 16.1. The quantitative estimate of drug-likeness (QED) is 0.169. The van der Waals surface area contributed by atoms with Gasteiger partial charge in [-0.25, -0.2) is 4.98 Å². The van der Waals surface area contributed by atoms with Crippen LogP contribution < -0.4 is 0 Å². The van der Waals surface area contributed by atoms with Gasteiger partial charge in [-0.3, -0.25) is 9.55 Å². The molecule has 0 saturated carbocycles. The van der Waals surface area contributed by atoms with Crippen molar-refractivity contribution in [3.8, 4) is 67.5 Å². The van der Waals surface area contributed by atoms with Gasteiger partial charge in [0.15, 0.2) is 0 Å². The molecule has 0 amide bonds. The zero-order valence-electron chi connectivity index (χ0n) is 53.2. The third-order valence-electron chi connectivity index (χ3n) is 11.9. The van der Waals surface area contributed by atoms with Gasteiger partial charge in [-0.15, -0.1) is 29.3 Å². The van der Waals surface area contributed by atoms with Crippen LogP contribution in [0.25, 0.3) is 72.7 Å². The summed E-state index contributed by atoms with van der Waals surface area (Å²) < 4.78 is 128. The predicted molar refractivity (Wildman–Crippen MR) is 271 cm³/mol. The van der Waals surface area contributed by atoms with Crippen molar-refractivity contribution < 1.29 is 46.7 Å². The van der Waals surface area contributed by atoms with E-state index < -0.39 is 55.9 Å². The molecule has 4 nitrogen and oxygen atoms in total. The summed E-state index contributed by atoms with van der Waals surface area (Å²) >= 11 is 0. The maximum absolute atomic E-state index is 12.6. The summed E-state index contributed by atoms with van der Waals surface area (Å²) in [6.07, 6.45) is 1.60. The summed E-state index contributed by atoms with van der Waals surface area (Å²) in [6, 6.07) is 38.0. The van der Waals surface area contributed by atoms with Crippen LogP contribution in [0.5, 0.6) is 5.75 Å². The average Bonchev–Trinajstić information content (AvgIpc) is 3.83. The molecule has 2 aromatic heterocycles. The molecule has 6 aromatic carbocycles. The summed E-state index contributed by atoms with van der Waals surface area (Å²) in [7, 11) is 0. The summed E-state index contributed by atoms with van der Waals surface area (Å²) in [5.74, 6) is 0.252. The van der Waals surface area contributed by atoms with Crippen LogP contribution in [0, 0.1) is 19.8 Å². The number of phenolic OH excluding ortho intramolecular Hbond substituents is 1. The van der Waals surface area contributed by atoms with Crippen LogP contribution in [0.1, 0.15) is 137 Å². The Labute approximate surface area is 423 Å². The van der Waals surface area contributed by atoms with Gasteiger partial charge in [0.25, 0.3) is 0 Å². The number of para-hydroxylation sites is 1. The van der Waals surface area contributed by atoms with E-state index in [1.165, 1.54) is 30.3 Å². The third kappa shape index (κ3) is 9.43. The van der Waals surface area contributed by atoms with Crippen LogP contribution >= 0.6 is 0 Å². The largest absolute Gasteiger partial charge is 0.507 e. The number of aryl methyl sites for hydroxylation is 1. The Morgan fingerprint density at radius 2 is 1.26 bits per heavy atom. The van der Waals surface area contributed by atoms with Crippen LogP contribution in [0.2, 0.25) is 0 Å². The Morgan fingerprint density at radius 1 is 0.569 bits per heavy atom. The topological polar surface area (TPSA) is 50.9 Å². The molecule has 0 spiro atoms. The number of phenols is 1. The van der Waals surface area contributed by atoms with E-state index in [0.717, 1.165) is 11.1 Å². The summed E-state index contributed by atoms with van der Waals surface area (Å²) in [4.78, 5) is 10.2. The monoisotopic (exact) mass is 1050 g/mol. The average molecular weight is 1050 g/mol. The normalized spacial score (nSPS) is 16.8. The van der Waals surface area contributed by atoms with Crippen molar-refractivity contribution in [2.24, 2.45) is 0 Å². The van der Waals surface area contributed by atoms with Gasteiger partial charge in [-0.2, -0.15) is 0 Å². The van der Waals surface area contributed by atoms with Crippen molar-refractivity contribution in [2.45, 2.75) is 118 Å². The number of benzene rings is 6. The van der Waals surface area contributed by atoms with E-state index in [0.29, 0.717) is 66.9 Å². The molecule has 1 N–H and O–H groups in total. The van der Waals surface area contributed by atoms with Gasteiger partial charge in [0.05, 0.1) is 16.6 Å². The van der Waals surface area contributed by atoms with Crippen molar-refractivity contribution in [1.82, 2.24) is 14.5 Å². The molecular formula is C60H64N3OPt-. The minimum Gasteiger partial charge on any atom is -0.507 e. The first-order valence-corrected chi connectivity index (χ1v) is 21.5. The van der Waals surface area contributed by atoms with Crippen LogP contribution in [0.15, 0.2) is 128 Å². The van der Waals surface area contributed by atoms with Crippen LogP contribution in [-0.2, 0) is 42.7 Å². The zero-order chi connectivity index (χ0) is 58.6. The number of fused-ring (bicyclic) bond motifs is 1. The Bertz CT molecular complexity index is 3570. The van der Waals surface area contributed by atoms with Crippen LogP contribution in [-0.4, -0.2) is 19.6 Å². The maximum atomic E-state index is 12.6. The standard InChI is InChI=1S/C60H64N3O.Pt/c1-37-29-47(36-49(38(37)2)40-19-16-15-17-20-40)63-53-22-18-21-48(54(53)62-56(63)50-34-46(59(9,10)11)35-51(55(50)64)60(12,13)14)42-30-43(32-45(31-42)58(6,7)8)52-33-41(27-28-61-52)39-23-25-44(26-24-39)57(3,4)5;/h15-29,31-36,64H,1-14H3;/q-1;/i1D3,2D3,3D3,4D3,5D3;. The number of pyridine rings is 1. The first kappa shape index (κ1) is 31.4. The van der Waals surface area contributed by atoms with E-state index in [4.69, 9.17) is 30.5 Å². The van der Waals surface area contributed by atoms with Crippen molar-refractivity contribution in [3.63, 3.8) is 0 Å². The molecule has 0 atom stereocenters. The fourth-order valence-electron chi connectivity index (χ4n) is 8.13. The molecule has 65 heavy (non-hydrogen) atoms. The van der Waals surface area contributed by atoms with Gasteiger partial charge < -0.3 is 5.11 Å². The van der Waals surface area contributed by atoms with Gasteiger partial charge in [-0.1, -0.05) is 173 Å². The molecule has 336 valence electrons. The van der Waals surface area contributed by atoms with Gasteiger partial charge in [0.1, 0.15) is 11.6 Å². The van der Waals surface area contributed by atoms with Gasteiger partial charge >= 0.3 is 0 Å². The number of hydrogen-bond donors (Lipinski definition) is 1. The Hall–Kier alpha value is -5.57. The summed E-state index contributed by atoms with van der Waals surface area (Å²) in [6.45, 7) is 2.51. The molecule has 0 aliphatic rings. The molecule has 0 saturated heterocycles. The molecule has 0 aliphatic carbocycles. The Kier molecular flexibility index (Phi) is 8.37. The van der Waals surface area contributed by atoms with E-state index >= 15 is 0 Å². The molecule has 0 bridgehead atoms. The van der Waals surface area contributed by atoms with Crippen molar-refractivity contribution >= 4 is 11.0 Å². The fourth-order valence-corrected chi connectivity index (χ4v) is 8.13. The molecule has 0 aliphatic heterocycles. The molecule has 0 fully saturated rings. The second-order valence-electron chi connectivity index (χ2n) is 19.8. The zero-order valence-corrected chi connectivity index (χ0v) is 40.5. The van der Waals surface area contributed by atoms with Crippen LogP contribution in [0.3, 0.4) is 0 Å². The molecule has 5 heteroatoms. The summed E-state index contributed by atoms with van der Waals surface area (Å²) in [5, 5.41) is 12.6. The Balaban J connectivity index is 0.00000924. The van der Waals surface area contributed by atoms with E-state index in [-0.39, 0.29) is 54.9 Å². The van der Waals surface area contributed by atoms with Crippen molar-refractivity contribution in [2.75, 3.05) is 0 Å². The van der Waals surface area contributed by atoms with Gasteiger partial charge in [0, 0.05) is 64.8 Å². The van der Waals surface area contributed by atoms with E-state index in [9.17, 15) is 5.11 Å². The van der Waals surface area contributed by atoms with Crippen molar-refractivity contribution in [1.29, 1.82) is 0 Å². The fraction of sp³-hybridized carbons (Fsp3) is 0.300. The second kappa shape index (κ2) is 17.3. The molecular weight excluding hydrogens is 974 g/mol. The second-order valence-corrected chi connectivity index (χ2v) is 19.8. The van der Waals surface area contributed by atoms with Crippen molar-refractivity contribution in [3.05, 3.63) is 167 Å². The van der Waals surface area contributed by atoms with E-state index in [1.54, 1.807) is 53.2 Å². The molecule has 8 rings (SSSR count). The number of imidazole rings is 1. The summed E-state index contributed by atoms with van der Waals surface area (Å²) in [5.41, 5.74) is 2.74. The minimum absolute atomic E-state index is 0. The first-order valence-electron chi connectivity index (χ1n) is 29.0. The van der Waals surface area contributed by atoms with Crippen LogP contribution in [0.4, 0.5) is 0 Å². The number of hydrogen-bond acceptors (Lipinski definition) is 3. The van der Waals surface area contributed by atoms with E-state index in [2.05, 4.69) is 47.6 Å². The van der Waals surface area contributed by atoms with Gasteiger partial charge in [-0.05, 0) is 110 Å².